The number of hydrogen-bond donors (Lipinski definition) is 17. The van der Waals surface area contributed by atoms with Gasteiger partial charge in [-0.1, -0.05) is 0 Å². The highest BCUT2D eigenvalue weighted by atomic mass is 16.8. The Bertz CT molecular complexity index is 9180. The summed E-state index contributed by atoms with van der Waals surface area (Å²) in [5.74, 6) is 0. The van der Waals surface area contributed by atoms with Crippen molar-refractivity contribution in [2.24, 2.45) is 0 Å². The topological polar surface area (TPSA) is 458 Å². The van der Waals surface area contributed by atoms with Gasteiger partial charge in [0.25, 0.3) is 0 Å². The van der Waals surface area contributed by atoms with Gasteiger partial charge in [0.15, 0.2) is 37.7 Å². The number of benzene rings is 16. The van der Waals surface area contributed by atoms with Gasteiger partial charge in [0.1, 0.15) is 158 Å². The Morgan fingerprint density at radius 2 is 0.325 bits per heavy atom. The molecule has 33 atom stereocenters. The first-order valence-electron chi connectivity index (χ1n) is 44.0. The highest BCUT2D eigenvalue weighted by Crippen LogP contribution is 2.90. The predicted octanol–water partition coefficient (Wildman–Crippen LogP) is 3.46. The second kappa shape index (κ2) is 19.1. The van der Waals surface area contributed by atoms with E-state index in [9.17, 15) is 86.8 Å². The van der Waals surface area contributed by atoms with Crippen LogP contribution in [0.5, 0.6) is 0 Å². The molecule has 23 fully saturated rings. The van der Waals surface area contributed by atoms with Crippen molar-refractivity contribution in [3.05, 3.63) is 34.4 Å². The number of aliphatic hydroxyl groups is 17. The first kappa shape index (κ1) is 66.6. The van der Waals surface area contributed by atoms with Crippen LogP contribution in [0.25, 0.3) is 280 Å². The van der Waals surface area contributed by atoms with Crippen LogP contribution in [0, 0.1) is 0 Å². The van der Waals surface area contributed by atoms with Gasteiger partial charge in [-0.25, -0.2) is 0 Å². The highest BCUT2D eigenvalue weighted by molar-refractivity contribution is 6.80. The first-order chi connectivity index (χ1) is 61.4. The normalized spacial score (nSPS) is 41.0. The van der Waals surface area contributed by atoms with Crippen LogP contribution >= 0.6 is 0 Å². The fraction of sp³-hybridized carbons (Fsp3) is 0.396. The molecule has 624 valence electrons. The molecule has 0 saturated carbocycles. The summed E-state index contributed by atoms with van der Waals surface area (Å²) in [6, 6.07) is 5.26. The lowest BCUT2D eigenvalue weighted by atomic mass is 9.68. The summed E-state index contributed by atoms with van der Waals surface area (Å²) in [5, 5.41) is 273. The van der Waals surface area contributed by atoms with Crippen molar-refractivity contribution in [3.8, 4) is 0 Å². The van der Waals surface area contributed by atoms with Crippen molar-refractivity contribution in [1.29, 1.82) is 0 Å². The Balaban J connectivity index is 0.569. The van der Waals surface area contributed by atoms with Crippen molar-refractivity contribution in [2.75, 3.05) is 39.6 Å². The minimum absolute atomic E-state index is 0.177. The molecule has 4 aliphatic carbocycles. The lowest BCUT2D eigenvalue weighted by Crippen LogP contribution is -2.69. The summed E-state index contributed by atoms with van der Waals surface area (Å²) < 4.78 is 76.3. The molecule has 0 aromatic heterocycles. The van der Waals surface area contributed by atoms with Gasteiger partial charge in [0, 0.05) is 6.54 Å². The fourth-order valence-electron chi connectivity index (χ4n) is 32.8. The quantitative estimate of drug-likeness (QED) is 0.0802. The molecule has 30 heteroatoms. The van der Waals surface area contributed by atoms with E-state index in [2.05, 4.69) is 17.0 Å². The van der Waals surface area contributed by atoms with Gasteiger partial charge < -0.3 is 144 Å². The number of rotatable bonds is 7. The number of hydrogen-bond acceptors (Lipinski definition) is 30. The number of nitrogens with zero attached hydrogens (tertiary/aromatic N) is 1. The molecule has 26 aromatic rings. The third-order valence-corrected chi connectivity index (χ3v) is 36.3. The van der Waals surface area contributed by atoms with Crippen LogP contribution in [0.15, 0.2) is 12.1 Å². The summed E-state index contributed by atoms with van der Waals surface area (Å²) in [7, 11) is 0. The third kappa shape index (κ3) is 5.56. The fourth-order valence-corrected chi connectivity index (χ4v) is 32.8. The number of ether oxygens (including phenoxy) is 12. The molecule has 53 rings (SSSR count). The van der Waals surface area contributed by atoms with E-state index in [0.717, 1.165) is 0 Å². The molecule has 3 unspecified atom stereocenters. The molecule has 0 amide bonds. The largest absolute Gasteiger partial charge is 0.394 e. The van der Waals surface area contributed by atoms with Crippen LogP contribution in [-0.2, 0) is 67.9 Å². The average molecular weight is 1690 g/mol. The van der Waals surface area contributed by atoms with E-state index in [0.29, 0.717) is 0 Å². The molecule has 30 nitrogen and oxygen atoms in total. The maximum atomic E-state index is 13.6. The smallest absolute Gasteiger partial charge is 0.187 e. The van der Waals surface area contributed by atoms with Crippen molar-refractivity contribution in [1.82, 2.24) is 4.90 Å². The molecule has 23 heterocycles. The van der Waals surface area contributed by atoms with Crippen LogP contribution in [0.2, 0.25) is 0 Å². The van der Waals surface area contributed by atoms with E-state index in [-0.39, 0.29) is 6.54 Å². The Hall–Kier alpha value is -8.74. The lowest BCUT2D eigenvalue weighted by Gasteiger charge is -2.51. The number of fused-ring (bicyclic) bond motifs is 6. The van der Waals surface area contributed by atoms with E-state index in [1.807, 2.05) is 0 Å². The maximum absolute atomic E-state index is 13.6. The summed E-state index contributed by atoms with van der Waals surface area (Å²) in [5.41, 5.74) is 2.65. The monoisotopic (exact) mass is 1690 g/mol. The van der Waals surface area contributed by atoms with Crippen LogP contribution < -0.4 is 0 Å². The zero-order chi connectivity index (χ0) is 82.4. The molecule has 26 aromatic carbocycles. The Labute approximate surface area is 694 Å². The van der Waals surface area contributed by atoms with E-state index < -0.39 is 228 Å². The Morgan fingerprint density at radius 1 is 0.183 bits per heavy atom. The molecule has 27 aliphatic rings. The summed E-state index contributed by atoms with van der Waals surface area (Å²) in [6.07, 6.45) is -59.5. The van der Waals surface area contributed by atoms with Crippen LogP contribution in [-0.4, -0.2) is 316 Å². The highest BCUT2D eigenvalue weighted by Gasteiger charge is 2.86. The van der Waals surface area contributed by atoms with Crippen LogP contribution in [0.3, 0.4) is 0 Å². The van der Waals surface area contributed by atoms with Gasteiger partial charge >= 0.3 is 0 Å². The van der Waals surface area contributed by atoms with Gasteiger partial charge in [-0.2, -0.15) is 0 Å². The average Bonchev–Trinajstić information content (AvgIpc) is 1.37. The second-order valence-corrected chi connectivity index (χ2v) is 40.1. The molecular formula is C96H61NO29. The Kier molecular flexibility index (Phi) is 10.1. The molecule has 23 saturated heterocycles. The number of aliphatic hydroxyl groups excluding tert-OH is 17. The van der Waals surface area contributed by atoms with E-state index in [1.165, 1.54) is 302 Å². The first-order valence-corrected chi connectivity index (χ1v) is 44.0. The lowest BCUT2D eigenvalue weighted by molar-refractivity contribution is -0.403. The van der Waals surface area contributed by atoms with E-state index in [1.54, 1.807) is 0 Å². The molecule has 12 bridgehead atoms. The SMILES string of the molecule is OC[C@H]1O[C@@H]2O[C@H]3[C@H](O)[C@@H](O)[C@@H](O[C@H]4[C@H](O)[C@@H](O)[C@@H](O[C@H]5[C@H](O)[C@@H](O)[C@@H](O[C@H]6[C@H](O)[C@@H](O)[C@@H](O[C@H]7[C@H](O)[C@@H](O)[C@@H](O[C@H]1[C@H](O)[C@H]2O)O[C@@H]7CO)O[C@@H]6CO)O[C@@H]5CN1C25c6c7c8c9c%10c%11c(c%12c%13c2c2c6c6c%14cc%15c6c6c2c2c%13c%13c%12c%12c%11c%11c%16c%10c%10c8c(c8cc%17c%18c%15c%15c6c2c2c%13c6c%12c%11c%11c%12c(c%17c8c%10c%16%12)c8c%18c%15c2c6c8%11)c%147)C915)O[C@@H]4CO)O[C@@H]3CO. The molecule has 17 N–H and O–H groups in total. The predicted molar refractivity (Wildman–Crippen MR) is 449 cm³/mol. The standard InChI is InChI=1S/C96H61NO29/c98-4-14-84-73(105)79(111)91(117-14)124-86-16(6-100)119-93(81(113)75(86)107)126-88-18(8-102)120-94(82(114)76(88)108)125-87-17(7-101)118-92(80(112)74(87)106)123-85-15(5-99)116-90(78(110)72(85)104)121-83-13(115-89(122-84)77(109)71(83)103)3-97-95-67-59-26-12-2-10-21-19-9-1-11-22-20(9)29-34-27(19)33-28(21)35-31-23(10)25(12)60(67)62-54(31)51-41(35)44-40(33)43-39(34)42-37(29)38-30(22)36-32(24(11)26)61(59)68-63-55(36)49(38)50-46(42)48-45(43)47(44)53-57(51)65(69(62)95)66-58(53)52(48)56(50)64(63)70(66)96(68,95)97/h1-2,13-18,71-94,98-114H,3-8H2/t13-,14-,15-,16-,17-,18-,71-,72-,73-,74-,75-,76-,77-,78-,79-,80-,81-,82-,83-,84-,85-,86-,87-,88-,89-,90-,91-,92-,93-,94-,95?,96?,97?/m1/s1. The minimum atomic E-state index is -2.20. The summed E-state index contributed by atoms with van der Waals surface area (Å²) in [6.45, 7) is -5.18. The minimum Gasteiger partial charge on any atom is -0.394 e. The molecule has 126 heavy (non-hydrogen) atoms. The van der Waals surface area contributed by atoms with Crippen molar-refractivity contribution >= 4 is 280 Å². The van der Waals surface area contributed by atoms with E-state index >= 15 is 0 Å². The van der Waals surface area contributed by atoms with Crippen molar-refractivity contribution in [2.45, 2.75) is 195 Å². The van der Waals surface area contributed by atoms with Crippen LogP contribution in [0.1, 0.15) is 22.3 Å². The molecular weight excluding hydrogens is 1630 g/mol. The van der Waals surface area contributed by atoms with E-state index in [4.69, 9.17) is 56.8 Å². The van der Waals surface area contributed by atoms with Crippen molar-refractivity contribution < 1.29 is 144 Å². The van der Waals surface area contributed by atoms with Gasteiger partial charge in [-0.05, 0) is 314 Å². The Morgan fingerprint density at radius 3 is 0.516 bits per heavy atom. The third-order valence-electron chi connectivity index (χ3n) is 36.3. The van der Waals surface area contributed by atoms with Crippen molar-refractivity contribution in [3.63, 3.8) is 0 Å². The zero-order valence-electron chi connectivity index (χ0n) is 64.7. The van der Waals surface area contributed by atoms with Gasteiger partial charge in [0.2, 0.25) is 0 Å². The van der Waals surface area contributed by atoms with Gasteiger partial charge in [0.05, 0.1) is 33.0 Å². The second-order valence-electron chi connectivity index (χ2n) is 40.1. The zero-order valence-corrected chi connectivity index (χ0v) is 64.7. The molecule has 23 aliphatic heterocycles. The maximum Gasteiger partial charge on any atom is 0.187 e. The molecule has 2 spiro atoms. The van der Waals surface area contributed by atoms with Gasteiger partial charge in [-0.3, -0.25) is 4.90 Å². The summed E-state index contributed by atoms with van der Waals surface area (Å²) in [4.78, 5) is 2.59. The van der Waals surface area contributed by atoms with Gasteiger partial charge in [-0.15, -0.1) is 0 Å². The summed E-state index contributed by atoms with van der Waals surface area (Å²) >= 11 is 0. The molecule has 0 radical (unpaired) electrons. The van der Waals surface area contributed by atoms with Crippen LogP contribution in [0.4, 0.5) is 0 Å².